The molecule has 0 aromatic heterocycles. The zero-order valence-corrected chi connectivity index (χ0v) is 14.9. The summed E-state index contributed by atoms with van der Waals surface area (Å²) in [5, 5.41) is 0. The van der Waals surface area contributed by atoms with Crippen molar-refractivity contribution in [2.24, 2.45) is 5.73 Å². The van der Waals surface area contributed by atoms with E-state index in [1.807, 2.05) is 36.4 Å². The standard InChI is InChI=1S/C19H23NO5/c1-22-15-7-5-12(9-17(15)24-3)14(11-19(20)21)13-6-8-16(23-2)18(10-13)25-4/h5-10,14H,11H2,1-4H3,(H2,20,21). The fourth-order valence-electron chi connectivity index (χ4n) is 2.77. The monoisotopic (exact) mass is 345 g/mol. The first-order chi connectivity index (χ1) is 12.0. The van der Waals surface area contributed by atoms with Crippen LogP contribution in [0.4, 0.5) is 0 Å². The summed E-state index contributed by atoms with van der Waals surface area (Å²) in [4.78, 5) is 11.6. The van der Waals surface area contributed by atoms with Gasteiger partial charge in [0.25, 0.3) is 0 Å². The van der Waals surface area contributed by atoms with E-state index in [0.717, 1.165) is 11.1 Å². The van der Waals surface area contributed by atoms with Crippen LogP contribution in [0, 0.1) is 0 Å². The summed E-state index contributed by atoms with van der Waals surface area (Å²) in [6.07, 6.45) is 0.158. The third-order valence-electron chi connectivity index (χ3n) is 4.03. The van der Waals surface area contributed by atoms with Crippen LogP contribution in [0.1, 0.15) is 23.5 Å². The predicted molar refractivity (Wildman–Crippen MR) is 94.7 cm³/mol. The molecule has 0 heterocycles. The molecule has 6 nitrogen and oxygen atoms in total. The molecule has 0 unspecified atom stereocenters. The molecule has 0 atom stereocenters. The van der Waals surface area contributed by atoms with Gasteiger partial charge in [-0.3, -0.25) is 4.79 Å². The van der Waals surface area contributed by atoms with E-state index in [0.29, 0.717) is 23.0 Å². The molecular weight excluding hydrogens is 322 g/mol. The van der Waals surface area contributed by atoms with Crippen LogP contribution in [-0.4, -0.2) is 34.3 Å². The summed E-state index contributed by atoms with van der Waals surface area (Å²) in [6.45, 7) is 0. The molecule has 25 heavy (non-hydrogen) atoms. The van der Waals surface area contributed by atoms with Gasteiger partial charge in [0.2, 0.25) is 5.91 Å². The highest BCUT2D eigenvalue weighted by atomic mass is 16.5. The van der Waals surface area contributed by atoms with Gasteiger partial charge in [-0.2, -0.15) is 0 Å². The van der Waals surface area contributed by atoms with Crippen molar-refractivity contribution in [3.63, 3.8) is 0 Å². The van der Waals surface area contributed by atoms with E-state index in [1.165, 1.54) is 0 Å². The first-order valence-corrected chi connectivity index (χ1v) is 7.76. The second kappa shape index (κ2) is 8.28. The molecule has 2 N–H and O–H groups in total. The highest BCUT2D eigenvalue weighted by Gasteiger charge is 2.20. The highest BCUT2D eigenvalue weighted by Crippen LogP contribution is 2.38. The van der Waals surface area contributed by atoms with Gasteiger partial charge in [-0.05, 0) is 35.4 Å². The molecule has 0 aliphatic heterocycles. The number of hydrogen-bond donors (Lipinski definition) is 1. The van der Waals surface area contributed by atoms with Crippen LogP contribution in [-0.2, 0) is 4.79 Å². The molecule has 0 saturated carbocycles. The Hall–Kier alpha value is -2.89. The van der Waals surface area contributed by atoms with E-state index in [4.69, 9.17) is 24.7 Å². The number of rotatable bonds is 8. The van der Waals surface area contributed by atoms with Crippen molar-refractivity contribution in [1.82, 2.24) is 0 Å². The largest absolute Gasteiger partial charge is 0.493 e. The second-order valence-corrected chi connectivity index (χ2v) is 5.45. The minimum Gasteiger partial charge on any atom is -0.493 e. The number of primary amides is 1. The smallest absolute Gasteiger partial charge is 0.218 e. The zero-order valence-electron chi connectivity index (χ0n) is 14.9. The van der Waals surface area contributed by atoms with Crippen LogP contribution in [0.25, 0.3) is 0 Å². The molecule has 1 amide bonds. The molecule has 0 spiro atoms. The number of carbonyl (C=O) groups excluding carboxylic acids is 1. The third kappa shape index (κ3) is 4.15. The first kappa shape index (κ1) is 18.4. The van der Waals surface area contributed by atoms with Gasteiger partial charge in [0.05, 0.1) is 28.4 Å². The summed E-state index contributed by atoms with van der Waals surface area (Å²) in [6, 6.07) is 11.1. The lowest BCUT2D eigenvalue weighted by Crippen LogP contribution is -2.16. The number of ether oxygens (including phenoxy) is 4. The topological polar surface area (TPSA) is 80.0 Å². The number of methoxy groups -OCH3 is 4. The fourth-order valence-corrected chi connectivity index (χ4v) is 2.77. The van der Waals surface area contributed by atoms with Gasteiger partial charge >= 0.3 is 0 Å². The Balaban J connectivity index is 2.51. The Bertz CT molecular complexity index is 689. The van der Waals surface area contributed by atoms with Gasteiger partial charge in [-0.1, -0.05) is 12.1 Å². The van der Waals surface area contributed by atoms with Crippen LogP contribution in [0.3, 0.4) is 0 Å². The molecule has 134 valence electrons. The summed E-state index contributed by atoms with van der Waals surface area (Å²) in [5.41, 5.74) is 7.26. The molecule has 0 radical (unpaired) electrons. The average Bonchev–Trinajstić information content (AvgIpc) is 2.64. The quantitative estimate of drug-likeness (QED) is 0.796. The van der Waals surface area contributed by atoms with Gasteiger partial charge in [0, 0.05) is 12.3 Å². The van der Waals surface area contributed by atoms with Gasteiger partial charge in [-0.25, -0.2) is 0 Å². The van der Waals surface area contributed by atoms with Crippen molar-refractivity contribution in [1.29, 1.82) is 0 Å². The zero-order chi connectivity index (χ0) is 18.4. The van der Waals surface area contributed by atoms with Gasteiger partial charge in [0.15, 0.2) is 23.0 Å². The Morgan fingerprint density at radius 2 is 1.20 bits per heavy atom. The van der Waals surface area contributed by atoms with Crippen molar-refractivity contribution in [3.05, 3.63) is 47.5 Å². The SMILES string of the molecule is COc1ccc(C(CC(N)=O)c2ccc(OC)c(OC)c2)cc1OC. The van der Waals surface area contributed by atoms with Gasteiger partial charge < -0.3 is 24.7 Å². The summed E-state index contributed by atoms with van der Waals surface area (Å²) < 4.78 is 21.3. The third-order valence-corrected chi connectivity index (χ3v) is 4.03. The lowest BCUT2D eigenvalue weighted by Gasteiger charge is -2.20. The number of nitrogens with two attached hydrogens (primary N) is 1. The maximum atomic E-state index is 11.6. The summed E-state index contributed by atoms with van der Waals surface area (Å²) in [5.74, 6) is 1.80. The van der Waals surface area contributed by atoms with E-state index in [1.54, 1.807) is 28.4 Å². The van der Waals surface area contributed by atoms with Crippen molar-refractivity contribution < 1.29 is 23.7 Å². The van der Waals surface area contributed by atoms with Crippen molar-refractivity contribution in [3.8, 4) is 23.0 Å². The Morgan fingerprint density at radius 1 is 0.800 bits per heavy atom. The molecule has 0 aliphatic rings. The minimum absolute atomic E-state index is 0.158. The fraction of sp³-hybridized carbons (Fsp3) is 0.316. The molecular formula is C19H23NO5. The Labute approximate surface area is 147 Å². The number of hydrogen-bond acceptors (Lipinski definition) is 5. The molecule has 0 aliphatic carbocycles. The molecule has 0 fully saturated rings. The maximum absolute atomic E-state index is 11.6. The summed E-state index contributed by atoms with van der Waals surface area (Å²) >= 11 is 0. The van der Waals surface area contributed by atoms with E-state index in [2.05, 4.69) is 0 Å². The Morgan fingerprint density at radius 3 is 1.52 bits per heavy atom. The van der Waals surface area contributed by atoms with Gasteiger partial charge in [0.1, 0.15) is 0 Å². The second-order valence-electron chi connectivity index (χ2n) is 5.45. The van der Waals surface area contributed by atoms with E-state index in [-0.39, 0.29) is 12.3 Å². The lowest BCUT2D eigenvalue weighted by atomic mass is 9.88. The van der Waals surface area contributed by atoms with Crippen molar-refractivity contribution >= 4 is 5.91 Å². The lowest BCUT2D eigenvalue weighted by molar-refractivity contribution is -0.118. The minimum atomic E-state index is -0.394. The highest BCUT2D eigenvalue weighted by molar-refractivity contribution is 5.75. The Kier molecular flexibility index (Phi) is 6.11. The average molecular weight is 345 g/mol. The normalized spacial score (nSPS) is 10.4. The van der Waals surface area contributed by atoms with Crippen LogP contribution >= 0.6 is 0 Å². The van der Waals surface area contributed by atoms with Crippen LogP contribution in [0.5, 0.6) is 23.0 Å². The van der Waals surface area contributed by atoms with E-state index < -0.39 is 5.91 Å². The molecule has 2 aromatic carbocycles. The molecule has 0 saturated heterocycles. The van der Waals surface area contributed by atoms with E-state index >= 15 is 0 Å². The molecule has 2 rings (SSSR count). The predicted octanol–water partition coefficient (Wildman–Crippen LogP) is 2.73. The maximum Gasteiger partial charge on any atom is 0.218 e. The first-order valence-electron chi connectivity index (χ1n) is 7.76. The molecule has 6 heteroatoms. The number of carbonyl (C=O) groups is 1. The van der Waals surface area contributed by atoms with E-state index in [9.17, 15) is 4.79 Å². The van der Waals surface area contributed by atoms with Crippen LogP contribution < -0.4 is 24.7 Å². The van der Waals surface area contributed by atoms with Crippen LogP contribution in [0.2, 0.25) is 0 Å². The molecule has 0 bridgehead atoms. The van der Waals surface area contributed by atoms with Crippen LogP contribution in [0.15, 0.2) is 36.4 Å². The van der Waals surface area contributed by atoms with Crippen molar-refractivity contribution in [2.75, 3.05) is 28.4 Å². The summed E-state index contributed by atoms with van der Waals surface area (Å²) in [7, 11) is 6.29. The number of amides is 1. The number of benzene rings is 2. The van der Waals surface area contributed by atoms with Gasteiger partial charge in [-0.15, -0.1) is 0 Å². The molecule has 2 aromatic rings. The van der Waals surface area contributed by atoms with Crippen molar-refractivity contribution in [2.45, 2.75) is 12.3 Å².